The number of hydrogen-bond acceptors (Lipinski definition) is 1. The molecule has 0 aliphatic rings. The van der Waals surface area contributed by atoms with E-state index in [9.17, 15) is 4.79 Å². The number of amides is 1. The summed E-state index contributed by atoms with van der Waals surface area (Å²) < 4.78 is 0. The van der Waals surface area contributed by atoms with Gasteiger partial charge < -0.3 is 4.90 Å². The highest BCUT2D eigenvalue weighted by molar-refractivity contribution is 5.87. The fourth-order valence-electron chi connectivity index (χ4n) is 0.859. The molecule has 0 aromatic carbocycles. The molecule has 11 heavy (non-hydrogen) atoms. The highest BCUT2D eigenvalue weighted by Gasteiger charge is 2.02. The molecule has 0 aliphatic carbocycles. The second-order valence-corrected chi connectivity index (χ2v) is 2.32. The Bertz CT molecular complexity index is 136. The molecular formula is C9H17NO. The van der Waals surface area contributed by atoms with Crippen molar-refractivity contribution in [2.24, 2.45) is 0 Å². The Morgan fingerprint density at radius 2 is 1.82 bits per heavy atom. The summed E-state index contributed by atoms with van der Waals surface area (Å²) in [6, 6.07) is 0. The number of hydrogen-bond donors (Lipinski definition) is 0. The fourth-order valence-corrected chi connectivity index (χ4v) is 0.859. The van der Waals surface area contributed by atoms with Crippen LogP contribution < -0.4 is 0 Å². The van der Waals surface area contributed by atoms with Crippen LogP contribution in [0, 0.1) is 0 Å². The number of likely N-dealkylation sites (N-methyl/N-ethyl adjacent to an activating group) is 1. The van der Waals surface area contributed by atoms with Crippen LogP contribution in [-0.2, 0) is 4.79 Å². The Morgan fingerprint density at radius 1 is 1.27 bits per heavy atom. The van der Waals surface area contributed by atoms with E-state index in [4.69, 9.17) is 0 Å². The Balaban J connectivity index is 3.88. The van der Waals surface area contributed by atoms with E-state index in [1.165, 1.54) is 0 Å². The van der Waals surface area contributed by atoms with Gasteiger partial charge in [0.25, 0.3) is 0 Å². The standard InChI is InChI=1S/C9H17NO/c1-4-7-8-9(11)10(5-2)6-3/h7-8H,4-6H2,1-3H3. The van der Waals surface area contributed by atoms with Crippen molar-refractivity contribution in [2.45, 2.75) is 27.2 Å². The van der Waals surface area contributed by atoms with Crippen molar-refractivity contribution in [1.29, 1.82) is 0 Å². The van der Waals surface area contributed by atoms with E-state index >= 15 is 0 Å². The van der Waals surface area contributed by atoms with Crippen LogP contribution in [0.3, 0.4) is 0 Å². The fraction of sp³-hybridized carbons (Fsp3) is 0.667. The van der Waals surface area contributed by atoms with Gasteiger partial charge in [0.05, 0.1) is 0 Å². The smallest absolute Gasteiger partial charge is 0.246 e. The van der Waals surface area contributed by atoms with Gasteiger partial charge in [-0.3, -0.25) is 4.79 Å². The first-order valence-electron chi connectivity index (χ1n) is 4.21. The third kappa shape index (κ3) is 3.81. The molecule has 0 unspecified atom stereocenters. The summed E-state index contributed by atoms with van der Waals surface area (Å²) in [6.45, 7) is 7.58. The molecule has 0 bridgehead atoms. The van der Waals surface area contributed by atoms with E-state index in [0.717, 1.165) is 19.5 Å². The normalized spacial score (nSPS) is 10.5. The van der Waals surface area contributed by atoms with Crippen molar-refractivity contribution in [2.75, 3.05) is 13.1 Å². The summed E-state index contributed by atoms with van der Waals surface area (Å²) in [7, 11) is 0. The topological polar surface area (TPSA) is 20.3 Å². The van der Waals surface area contributed by atoms with Crippen LogP contribution in [0.5, 0.6) is 0 Å². The van der Waals surface area contributed by atoms with Gasteiger partial charge in [-0.05, 0) is 26.3 Å². The summed E-state index contributed by atoms with van der Waals surface area (Å²) in [4.78, 5) is 13.0. The van der Waals surface area contributed by atoms with Gasteiger partial charge in [0, 0.05) is 13.1 Å². The van der Waals surface area contributed by atoms with E-state index in [0.29, 0.717) is 0 Å². The molecule has 0 aromatic rings. The number of carbonyl (C=O) groups is 1. The Morgan fingerprint density at radius 3 is 2.18 bits per heavy atom. The van der Waals surface area contributed by atoms with Gasteiger partial charge in [0.15, 0.2) is 0 Å². The molecule has 1 amide bonds. The SMILES string of the molecule is CCC=CC(=O)N(CC)CC. The van der Waals surface area contributed by atoms with Gasteiger partial charge in [0.1, 0.15) is 0 Å². The monoisotopic (exact) mass is 155 g/mol. The maximum Gasteiger partial charge on any atom is 0.246 e. The van der Waals surface area contributed by atoms with Gasteiger partial charge >= 0.3 is 0 Å². The summed E-state index contributed by atoms with van der Waals surface area (Å²) >= 11 is 0. The summed E-state index contributed by atoms with van der Waals surface area (Å²) in [5.41, 5.74) is 0. The highest BCUT2D eigenvalue weighted by atomic mass is 16.2. The minimum absolute atomic E-state index is 0.122. The minimum atomic E-state index is 0.122. The quantitative estimate of drug-likeness (QED) is 0.567. The van der Waals surface area contributed by atoms with Crippen molar-refractivity contribution in [3.8, 4) is 0 Å². The molecule has 0 fully saturated rings. The first kappa shape index (κ1) is 10.2. The lowest BCUT2D eigenvalue weighted by atomic mass is 10.3. The molecule has 0 saturated heterocycles. The van der Waals surface area contributed by atoms with Crippen LogP contribution in [0.4, 0.5) is 0 Å². The maximum absolute atomic E-state index is 11.2. The van der Waals surface area contributed by atoms with Crippen LogP contribution >= 0.6 is 0 Å². The van der Waals surface area contributed by atoms with Crippen molar-refractivity contribution in [3.05, 3.63) is 12.2 Å². The zero-order chi connectivity index (χ0) is 8.69. The van der Waals surface area contributed by atoms with Gasteiger partial charge in [-0.25, -0.2) is 0 Å². The van der Waals surface area contributed by atoms with Crippen LogP contribution in [0.2, 0.25) is 0 Å². The molecule has 0 aromatic heterocycles. The van der Waals surface area contributed by atoms with E-state index in [1.54, 1.807) is 11.0 Å². The highest BCUT2D eigenvalue weighted by Crippen LogP contribution is 1.91. The van der Waals surface area contributed by atoms with Gasteiger partial charge in [0.2, 0.25) is 5.91 Å². The van der Waals surface area contributed by atoms with Crippen molar-refractivity contribution in [3.63, 3.8) is 0 Å². The van der Waals surface area contributed by atoms with Crippen LogP contribution in [0.25, 0.3) is 0 Å². The van der Waals surface area contributed by atoms with Crippen molar-refractivity contribution in [1.82, 2.24) is 4.90 Å². The Labute approximate surface area is 68.9 Å². The lowest BCUT2D eigenvalue weighted by Crippen LogP contribution is -2.28. The van der Waals surface area contributed by atoms with Gasteiger partial charge in [-0.15, -0.1) is 0 Å². The molecular weight excluding hydrogens is 138 g/mol. The zero-order valence-electron chi connectivity index (χ0n) is 7.63. The second-order valence-electron chi connectivity index (χ2n) is 2.32. The number of nitrogens with zero attached hydrogens (tertiary/aromatic N) is 1. The molecule has 0 spiro atoms. The predicted molar refractivity (Wildman–Crippen MR) is 47.4 cm³/mol. The molecule has 0 aliphatic heterocycles. The molecule has 2 nitrogen and oxygen atoms in total. The van der Waals surface area contributed by atoms with E-state index < -0.39 is 0 Å². The van der Waals surface area contributed by atoms with Crippen LogP contribution in [0.15, 0.2) is 12.2 Å². The summed E-state index contributed by atoms with van der Waals surface area (Å²) in [5, 5.41) is 0. The Hall–Kier alpha value is -0.790. The Kier molecular flexibility index (Phi) is 5.53. The third-order valence-electron chi connectivity index (χ3n) is 1.57. The number of carbonyl (C=O) groups excluding carboxylic acids is 1. The molecule has 0 heterocycles. The van der Waals surface area contributed by atoms with E-state index in [1.807, 2.05) is 26.8 Å². The molecule has 64 valence electrons. The van der Waals surface area contributed by atoms with Gasteiger partial charge in [-0.1, -0.05) is 13.0 Å². The zero-order valence-corrected chi connectivity index (χ0v) is 7.63. The van der Waals surface area contributed by atoms with E-state index in [2.05, 4.69) is 0 Å². The molecule has 0 radical (unpaired) electrons. The van der Waals surface area contributed by atoms with Crippen molar-refractivity contribution >= 4 is 5.91 Å². The average Bonchev–Trinajstić information content (AvgIpc) is 2.03. The number of allylic oxidation sites excluding steroid dienone is 1. The van der Waals surface area contributed by atoms with Crippen LogP contribution in [-0.4, -0.2) is 23.9 Å². The molecule has 2 heteroatoms. The first-order valence-corrected chi connectivity index (χ1v) is 4.21. The minimum Gasteiger partial charge on any atom is -0.340 e. The molecule has 0 atom stereocenters. The second kappa shape index (κ2) is 5.96. The average molecular weight is 155 g/mol. The lowest BCUT2D eigenvalue weighted by Gasteiger charge is -2.15. The van der Waals surface area contributed by atoms with Crippen LogP contribution in [0.1, 0.15) is 27.2 Å². The van der Waals surface area contributed by atoms with Crippen molar-refractivity contribution < 1.29 is 4.79 Å². The third-order valence-corrected chi connectivity index (χ3v) is 1.57. The molecule has 0 saturated carbocycles. The largest absolute Gasteiger partial charge is 0.340 e. The maximum atomic E-state index is 11.2. The van der Waals surface area contributed by atoms with Gasteiger partial charge in [-0.2, -0.15) is 0 Å². The first-order chi connectivity index (χ1) is 5.26. The predicted octanol–water partition coefficient (Wildman–Crippen LogP) is 1.82. The number of rotatable bonds is 4. The lowest BCUT2D eigenvalue weighted by molar-refractivity contribution is -0.125. The summed E-state index contributed by atoms with van der Waals surface area (Å²) in [5.74, 6) is 0.122. The molecule has 0 N–H and O–H groups in total. The summed E-state index contributed by atoms with van der Waals surface area (Å²) in [6.07, 6.45) is 4.46. The molecule has 0 rings (SSSR count). The van der Waals surface area contributed by atoms with E-state index in [-0.39, 0.29) is 5.91 Å².